The van der Waals surface area contributed by atoms with Gasteiger partial charge in [-0.3, -0.25) is 4.79 Å². The molecule has 4 atom stereocenters. The molecule has 1 fully saturated rings. The monoisotopic (exact) mass is 540 g/mol. The van der Waals surface area contributed by atoms with E-state index in [0.717, 1.165) is 50.7 Å². The molecule has 0 heterocycles. The van der Waals surface area contributed by atoms with Gasteiger partial charge in [0.05, 0.1) is 18.8 Å². The van der Waals surface area contributed by atoms with Gasteiger partial charge in [-0.1, -0.05) is 60.6 Å². The Morgan fingerprint density at radius 1 is 1.17 bits per heavy atom. The Balaban J connectivity index is 0.00000150. The number of fused-ring (bicyclic) bond motifs is 1. The van der Waals surface area contributed by atoms with E-state index in [4.69, 9.17) is 18.8 Å². The van der Waals surface area contributed by atoms with Gasteiger partial charge in [-0.05, 0) is 91.4 Å². The first-order valence-corrected chi connectivity index (χ1v) is 19.4. The Hall–Kier alpha value is -0.736. The van der Waals surface area contributed by atoms with Crippen LogP contribution in [-0.4, -0.2) is 51.6 Å². The molecule has 2 aliphatic rings. The first-order chi connectivity index (χ1) is 16.4. The van der Waals surface area contributed by atoms with E-state index in [1.165, 1.54) is 16.7 Å². The van der Waals surface area contributed by atoms with Crippen LogP contribution in [0.25, 0.3) is 0 Å². The van der Waals surface area contributed by atoms with Crippen LogP contribution in [-0.2, 0) is 13.6 Å². The fourth-order valence-corrected chi connectivity index (χ4v) is 9.37. The highest BCUT2D eigenvalue weighted by Crippen LogP contribution is 2.53. The van der Waals surface area contributed by atoms with Crippen molar-refractivity contribution >= 4 is 22.6 Å². The molecular weight excluding hydrogens is 484 g/mol. The van der Waals surface area contributed by atoms with Crippen molar-refractivity contribution in [2.24, 2.45) is 11.3 Å². The number of carbonyl (C=O) groups is 1. The van der Waals surface area contributed by atoms with E-state index in [1.54, 1.807) is 0 Å². The Labute approximate surface area is 224 Å². The molecule has 0 spiro atoms. The Morgan fingerprint density at radius 2 is 1.67 bits per heavy atom. The smallest absolute Gasteiger partial charge is 0.300 e. The van der Waals surface area contributed by atoms with Crippen molar-refractivity contribution in [2.75, 3.05) is 6.61 Å². The molecule has 36 heavy (non-hydrogen) atoms. The SMILES string of the molecule is C=C(CO[Si](C)(C)C(C)(C)C)C1CCC2(C)CC(O)C(O[Si](CC)(CC)CC)C(C)=C2C1.CC(=O)O. The molecule has 2 N–H and O–H groups in total. The predicted molar refractivity (Wildman–Crippen MR) is 156 cm³/mol. The first kappa shape index (κ1) is 33.3. The lowest BCUT2D eigenvalue weighted by atomic mass is 9.60. The minimum atomic E-state index is -1.79. The lowest BCUT2D eigenvalue weighted by molar-refractivity contribution is -0.134. The summed E-state index contributed by atoms with van der Waals surface area (Å²) in [5.74, 6) is -0.362. The summed E-state index contributed by atoms with van der Waals surface area (Å²) in [5, 5.41) is 18.8. The van der Waals surface area contributed by atoms with Crippen LogP contribution in [0.1, 0.15) is 88.0 Å². The third kappa shape index (κ3) is 8.13. The summed E-state index contributed by atoms with van der Waals surface area (Å²) in [6.45, 7) is 29.2. The van der Waals surface area contributed by atoms with E-state index in [-0.39, 0.29) is 22.7 Å². The lowest BCUT2D eigenvalue weighted by Crippen LogP contribution is -2.50. The van der Waals surface area contributed by atoms with Gasteiger partial charge in [0, 0.05) is 6.92 Å². The van der Waals surface area contributed by atoms with Crippen molar-refractivity contribution in [2.45, 2.75) is 136 Å². The number of rotatable bonds is 9. The van der Waals surface area contributed by atoms with E-state index < -0.39 is 22.6 Å². The Kier molecular flexibility index (Phi) is 11.9. The molecular formula is C29H56O5Si2. The minimum absolute atomic E-state index is 0.0925. The third-order valence-electron chi connectivity index (χ3n) is 9.45. The molecule has 2 rings (SSSR count). The number of aliphatic carboxylic acids is 1. The summed E-state index contributed by atoms with van der Waals surface area (Å²) in [5.41, 5.74) is 4.18. The molecule has 5 nitrogen and oxygen atoms in total. The molecule has 0 aromatic heterocycles. The number of carboxylic acids is 1. The van der Waals surface area contributed by atoms with Gasteiger partial charge in [0.2, 0.25) is 0 Å². The predicted octanol–water partition coefficient (Wildman–Crippen LogP) is 7.93. The summed E-state index contributed by atoms with van der Waals surface area (Å²) >= 11 is 0. The molecule has 210 valence electrons. The van der Waals surface area contributed by atoms with Gasteiger partial charge in [0.1, 0.15) is 0 Å². The molecule has 0 saturated heterocycles. The van der Waals surface area contributed by atoms with E-state index in [0.29, 0.717) is 12.5 Å². The highest BCUT2D eigenvalue weighted by molar-refractivity contribution is 6.74. The van der Waals surface area contributed by atoms with Crippen LogP contribution in [0.4, 0.5) is 0 Å². The second-order valence-corrected chi connectivity index (χ2v) is 22.5. The largest absolute Gasteiger partial charge is 0.481 e. The molecule has 2 aliphatic carbocycles. The zero-order valence-corrected chi connectivity index (χ0v) is 27.2. The van der Waals surface area contributed by atoms with Crippen LogP contribution >= 0.6 is 0 Å². The Bertz CT molecular complexity index is 782. The summed E-state index contributed by atoms with van der Waals surface area (Å²) in [7, 11) is -3.56. The maximum absolute atomic E-state index is 11.1. The minimum Gasteiger partial charge on any atom is -0.481 e. The van der Waals surface area contributed by atoms with Gasteiger partial charge in [-0.15, -0.1) is 0 Å². The topological polar surface area (TPSA) is 76.0 Å². The van der Waals surface area contributed by atoms with Crippen molar-refractivity contribution in [3.8, 4) is 0 Å². The fourth-order valence-electron chi connectivity index (χ4n) is 5.52. The molecule has 0 amide bonds. The van der Waals surface area contributed by atoms with Crippen molar-refractivity contribution < 1.29 is 23.9 Å². The number of aliphatic hydroxyl groups excluding tert-OH is 1. The molecule has 0 aliphatic heterocycles. The average molecular weight is 541 g/mol. The molecule has 7 heteroatoms. The molecule has 4 unspecified atom stereocenters. The number of allylic oxidation sites excluding steroid dienone is 1. The number of hydrogen-bond donors (Lipinski definition) is 2. The average Bonchev–Trinajstić information content (AvgIpc) is 2.76. The Morgan fingerprint density at radius 3 is 2.11 bits per heavy atom. The van der Waals surface area contributed by atoms with E-state index in [1.807, 2.05) is 0 Å². The molecule has 0 bridgehead atoms. The van der Waals surface area contributed by atoms with Crippen molar-refractivity contribution in [1.82, 2.24) is 0 Å². The molecule has 0 aromatic carbocycles. The maximum atomic E-state index is 11.1. The van der Waals surface area contributed by atoms with Crippen molar-refractivity contribution in [1.29, 1.82) is 0 Å². The second-order valence-electron chi connectivity index (χ2n) is 12.9. The highest BCUT2D eigenvalue weighted by atomic mass is 28.4. The fraction of sp³-hybridized carbons (Fsp3) is 0.828. The molecule has 1 saturated carbocycles. The van der Waals surface area contributed by atoms with Gasteiger partial charge in [0.15, 0.2) is 16.6 Å². The van der Waals surface area contributed by atoms with Crippen LogP contribution < -0.4 is 0 Å². The van der Waals surface area contributed by atoms with Crippen molar-refractivity contribution in [3.05, 3.63) is 23.3 Å². The molecule has 0 aromatic rings. The summed E-state index contributed by atoms with van der Waals surface area (Å²) in [4.78, 5) is 9.00. The number of aliphatic hydroxyl groups is 1. The summed E-state index contributed by atoms with van der Waals surface area (Å²) in [6.07, 6.45) is 3.62. The van der Waals surface area contributed by atoms with E-state index in [2.05, 4.69) is 75.1 Å². The van der Waals surface area contributed by atoms with Crippen molar-refractivity contribution in [3.63, 3.8) is 0 Å². The lowest BCUT2D eigenvalue weighted by Gasteiger charge is -2.50. The quantitative estimate of drug-likeness (QED) is 0.229. The maximum Gasteiger partial charge on any atom is 0.300 e. The van der Waals surface area contributed by atoms with Crippen LogP contribution in [0.15, 0.2) is 23.3 Å². The third-order valence-corrected chi connectivity index (χ3v) is 18.5. The zero-order chi connectivity index (χ0) is 28.1. The van der Waals surface area contributed by atoms with Crippen LogP contribution in [0, 0.1) is 11.3 Å². The number of carboxylic acid groups (broad SMARTS) is 1. The molecule has 0 radical (unpaired) electrons. The van der Waals surface area contributed by atoms with Crippen LogP contribution in [0.2, 0.25) is 36.3 Å². The van der Waals surface area contributed by atoms with Gasteiger partial charge in [0.25, 0.3) is 5.97 Å². The normalized spacial score (nSPS) is 27.2. The van der Waals surface area contributed by atoms with Gasteiger partial charge in [-0.25, -0.2) is 0 Å². The van der Waals surface area contributed by atoms with E-state index in [9.17, 15) is 5.11 Å². The van der Waals surface area contributed by atoms with E-state index >= 15 is 0 Å². The number of hydrogen-bond acceptors (Lipinski definition) is 4. The van der Waals surface area contributed by atoms with Crippen LogP contribution in [0.5, 0.6) is 0 Å². The van der Waals surface area contributed by atoms with Crippen LogP contribution in [0.3, 0.4) is 0 Å². The summed E-state index contributed by atoms with van der Waals surface area (Å²) in [6, 6.07) is 3.36. The first-order valence-electron chi connectivity index (χ1n) is 14.0. The van der Waals surface area contributed by atoms with Gasteiger partial charge < -0.3 is 19.1 Å². The van der Waals surface area contributed by atoms with Gasteiger partial charge in [-0.2, -0.15) is 0 Å². The second kappa shape index (κ2) is 12.9. The van der Waals surface area contributed by atoms with Gasteiger partial charge >= 0.3 is 0 Å². The zero-order valence-electron chi connectivity index (χ0n) is 25.2. The standard InChI is InChI=1S/C27H52O3Si2.C2H4O2/c1-12-32(13-2,14-3)30-25-21(5)23-17-22(15-16-27(23,9)18-24(25)28)20(4)19-29-31(10,11)26(6,7)8;1-2(3)4/h22,24-25,28H,4,12-19H2,1-3,5-11H3;1H3,(H,3,4). The highest BCUT2D eigenvalue weighted by Gasteiger charge is 2.47. The summed E-state index contributed by atoms with van der Waals surface area (Å²) < 4.78 is 13.4.